The van der Waals surface area contributed by atoms with Gasteiger partial charge in [-0.1, -0.05) is 26.8 Å². The van der Waals surface area contributed by atoms with Crippen LogP contribution in [0, 0.1) is 5.92 Å². The van der Waals surface area contributed by atoms with E-state index in [9.17, 15) is 0 Å². The van der Waals surface area contributed by atoms with Crippen LogP contribution in [0.5, 0.6) is 0 Å². The molecular formula is C18H32N4S. The second-order valence-electron chi connectivity index (χ2n) is 7.12. The zero-order valence-electron chi connectivity index (χ0n) is 15.1. The molecule has 0 saturated carbocycles. The molecule has 1 fully saturated rings. The minimum Gasteiger partial charge on any atom is -0.356 e. The first-order valence-corrected chi connectivity index (χ1v) is 9.64. The lowest BCUT2D eigenvalue weighted by atomic mass is 9.91. The molecule has 2 rings (SSSR count). The van der Waals surface area contributed by atoms with E-state index in [1.165, 1.54) is 37.4 Å². The molecule has 1 atom stereocenters. The van der Waals surface area contributed by atoms with E-state index in [1.807, 2.05) is 18.4 Å². The fraction of sp³-hybridized carbons (Fsp3) is 0.722. The van der Waals surface area contributed by atoms with Gasteiger partial charge in [-0.05, 0) is 43.3 Å². The van der Waals surface area contributed by atoms with Crippen molar-refractivity contribution in [3.8, 4) is 0 Å². The number of aliphatic imine (C=N–C) groups is 1. The van der Waals surface area contributed by atoms with E-state index in [4.69, 9.17) is 0 Å². The molecule has 0 aromatic carbocycles. The second kappa shape index (κ2) is 8.69. The predicted molar refractivity (Wildman–Crippen MR) is 102 cm³/mol. The first-order chi connectivity index (χ1) is 11.0. The monoisotopic (exact) mass is 336 g/mol. The number of guanidine groups is 1. The standard InChI is InChI=1S/C18H32N4S/c1-5-9-22-10-8-15(13-22)12-20-17(19-4)21-14-18(2,3)16-7-6-11-23-16/h6-7,11,15H,5,8-10,12-14H2,1-4H3,(H2,19,20,21). The molecule has 5 heteroatoms. The third kappa shape index (κ3) is 5.50. The van der Waals surface area contributed by atoms with Crippen LogP contribution in [0.25, 0.3) is 0 Å². The molecule has 1 aliphatic rings. The Labute approximate surface area is 145 Å². The summed E-state index contributed by atoms with van der Waals surface area (Å²) in [4.78, 5) is 8.35. The third-order valence-corrected chi connectivity index (χ3v) is 5.81. The van der Waals surface area contributed by atoms with E-state index in [0.717, 1.165) is 25.0 Å². The van der Waals surface area contributed by atoms with Crippen molar-refractivity contribution in [1.82, 2.24) is 15.5 Å². The number of hydrogen-bond acceptors (Lipinski definition) is 3. The van der Waals surface area contributed by atoms with Crippen LogP contribution in [0.1, 0.15) is 38.5 Å². The average Bonchev–Trinajstić information content (AvgIpc) is 3.19. The van der Waals surface area contributed by atoms with Crippen LogP contribution in [0.3, 0.4) is 0 Å². The highest BCUT2D eigenvalue weighted by molar-refractivity contribution is 7.10. The normalized spacial score (nSPS) is 20.0. The third-order valence-electron chi connectivity index (χ3n) is 4.58. The number of nitrogens with zero attached hydrogens (tertiary/aromatic N) is 2. The van der Waals surface area contributed by atoms with E-state index in [1.54, 1.807) is 0 Å². The minimum absolute atomic E-state index is 0.122. The second-order valence-corrected chi connectivity index (χ2v) is 8.07. The van der Waals surface area contributed by atoms with Gasteiger partial charge in [0, 0.05) is 37.0 Å². The highest BCUT2D eigenvalue weighted by Crippen LogP contribution is 2.26. The Morgan fingerprint density at radius 2 is 2.26 bits per heavy atom. The van der Waals surface area contributed by atoms with E-state index in [-0.39, 0.29) is 5.41 Å². The summed E-state index contributed by atoms with van der Waals surface area (Å²) in [5.74, 6) is 1.66. The average molecular weight is 337 g/mol. The molecule has 1 aliphatic heterocycles. The number of likely N-dealkylation sites (tertiary alicyclic amines) is 1. The van der Waals surface area contributed by atoms with Crippen LogP contribution in [0.2, 0.25) is 0 Å². The Morgan fingerprint density at radius 3 is 2.91 bits per heavy atom. The van der Waals surface area contributed by atoms with Crippen molar-refractivity contribution >= 4 is 17.3 Å². The van der Waals surface area contributed by atoms with E-state index in [0.29, 0.717) is 0 Å². The fourth-order valence-electron chi connectivity index (χ4n) is 3.12. The zero-order valence-corrected chi connectivity index (χ0v) is 15.9. The molecule has 0 bridgehead atoms. The van der Waals surface area contributed by atoms with Gasteiger partial charge in [-0.3, -0.25) is 4.99 Å². The van der Waals surface area contributed by atoms with Crippen molar-refractivity contribution in [3.63, 3.8) is 0 Å². The van der Waals surface area contributed by atoms with Crippen LogP contribution >= 0.6 is 11.3 Å². The fourth-order valence-corrected chi connectivity index (χ4v) is 3.97. The molecular weight excluding hydrogens is 304 g/mol. The van der Waals surface area contributed by atoms with E-state index in [2.05, 4.69) is 58.8 Å². The van der Waals surface area contributed by atoms with Crippen LogP contribution in [-0.4, -0.2) is 50.6 Å². The molecule has 1 unspecified atom stereocenters. The Balaban J connectivity index is 1.74. The molecule has 1 aromatic heterocycles. The van der Waals surface area contributed by atoms with Crippen molar-refractivity contribution in [2.24, 2.45) is 10.9 Å². The molecule has 0 amide bonds. The quantitative estimate of drug-likeness (QED) is 0.594. The summed E-state index contributed by atoms with van der Waals surface area (Å²) in [5, 5.41) is 9.14. The highest BCUT2D eigenvalue weighted by atomic mass is 32.1. The maximum Gasteiger partial charge on any atom is 0.191 e. The van der Waals surface area contributed by atoms with Gasteiger partial charge in [0.25, 0.3) is 0 Å². The Bertz CT molecular complexity index is 481. The molecule has 130 valence electrons. The molecule has 1 saturated heterocycles. The van der Waals surface area contributed by atoms with Gasteiger partial charge in [-0.15, -0.1) is 11.3 Å². The molecule has 2 heterocycles. The van der Waals surface area contributed by atoms with Crippen molar-refractivity contribution in [2.75, 3.05) is 39.8 Å². The molecule has 0 radical (unpaired) electrons. The lowest BCUT2D eigenvalue weighted by Gasteiger charge is -2.25. The predicted octanol–water partition coefficient (Wildman–Crippen LogP) is 2.92. The van der Waals surface area contributed by atoms with Crippen LogP contribution in [-0.2, 0) is 5.41 Å². The first-order valence-electron chi connectivity index (χ1n) is 8.76. The maximum absolute atomic E-state index is 4.37. The van der Waals surface area contributed by atoms with Crippen LogP contribution in [0.15, 0.2) is 22.5 Å². The maximum atomic E-state index is 4.37. The summed E-state index contributed by atoms with van der Waals surface area (Å²) < 4.78 is 0. The Kier molecular flexibility index (Phi) is 6.90. The molecule has 23 heavy (non-hydrogen) atoms. The highest BCUT2D eigenvalue weighted by Gasteiger charge is 2.23. The summed E-state index contributed by atoms with van der Waals surface area (Å²) in [6, 6.07) is 4.33. The lowest BCUT2D eigenvalue weighted by molar-refractivity contribution is 0.324. The molecule has 0 spiro atoms. The first kappa shape index (κ1) is 18.3. The van der Waals surface area contributed by atoms with Gasteiger partial charge < -0.3 is 15.5 Å². The summed E-state index contributed by atoms with van der Waals surface area (Å²) in [7, 11) is 1.85. The van der Waals surface area contributed by atoms with Gasteiger partial charge in [0.2, 0.25) is 0 Å². The SMILES string of the molecule is CCCN1CCC(CNC(=NC)NCC(C)(C)c2cccs2)C1. The Morgan fingerprint density at radius 1 is 1.43 bits per heavy atom. The van der Waals surface area contributed by atoms with E-state index >= 15 is 0 Å². The van der Waals surface area contributed by atoms with Gasteiger partial charge in [0.1, 0.15) is 0 Å². The minimum atomic E-state index is 0.122. The lowest BCUT2D eigenvalue weighted by Crippen LogP contribution is -2.44. The van der Waals surface area contributed by atoms with Gasteiger partial charge in [0.15, 0.2) is 5.96 Å². The van der Waals surface area contributed by atoms with Crippen molar-refractivity contribution in [2.45, 2.75) is 39.0 Å². The van der Waals surface area contributed by atoms with Crippen molar-refractivity contribution < 1.29 is 0 Å². The summed E-state index contributed by atoms with van der Waals surface area (Å²) in [5.41, 5.74) is 0.122. The number of hydrogen-bond donors (Lipinski definition) is 2. The van der Waals surface area contributed by atoms with Crippen LogP contribution in [0.4, 0.5) is 0 Å². The van der Waals surface area contributed by atoms with Gasteiger partial charge >= 0.3 is 0 Å². The van der Waals surface area contributed by atoms with Gasteiger partial charge in [-0.25, -0.2) is 0 Å². The van der Waals surface area contributed by atoms with Crippen molar-refractivity contribution in [3.05, 3.63) is 22.4 Å². The molecule has 0 aliphatic carbocycles. The van der Waals surface area contributed by atoms with Crippen LogP contribution < -0.4 is 10.6 Å². The summed E-state index contributed by atoms with van der Waals surface area (Å²) in [6.07, 6.45) is 2.55. The number of nitrogens with one attached hydrogen (secondary N) is 2. The molecule has 4 nitrogen and oxygen atoms in total. The molecule has 2 N–H and O–H groups in total. The van der Waals surface area contributed by atoms with Gasteiger partial charge in [0.05, 0.1) is 0 Å². The largest absolute Gasteiger partial charge is 0.356 e. The van der Waals surface area contributed by atoms with Gasteiger partial charge in [-0.2, -0.15) is 0 Å². The number of rotatable bonds is 7. The molecule has 1 aromatic rings. The Hall–Kier alpha value is -1.07. The smallest absolute Gasteiger partial charge is 0.191 e. The zero-order chi connectivity index (χ0) is 16.7. The van der Waals surface area contributed by atoms with E-state index < -0.39 is 0 Å². The number of thiophene rings is 1. The van der Waals surface area contributed by atoms with Crippen molar-refractivity contribution in [1.29, 1.82) is 0 Å². The topological polar surface area (TPSA) is 39.7 Å². The summed E-state index contributed by atoms with van der Waals surface area (Å²) in [6.45, 7) is 12.4. The summed E-state index contributed by atoms with van der Waals surface area (Å²) >= 11 is 1.82.